The number of aromatic nitrogens is 1. The number of carbonyl (C=O) groups is 1. The summed E-state index contributed by atoms with van der Waals surface area (Å²) in [5, 5.41) is 3.57. The minimum atomic E-state index is -3.65. The number of furan rings is 1. The maximum absolute atomic E-state index is 12.9. The Hall–Kier alpha value is -3.65. The number of fused-ring (bicyclic) bond motifs is 1. The second-order valence-corrected chi connectivity index (χ2v) is 9.44. The van der Waals surface area contributed by atoms with E-state index in [2.05, 4.69) is 10.3 Å². The molecule has 0 saturated heterocycles. The molecule has 4 aromatic rings. The summed E-state index contributed by atoms with van der Waals surface area (Å²) in [6.07, 6.45) is 3.19. The van der Waals surface area contributed by atoms with Gasteiger partial charge in [0, 0.05) is 18.1 Å². The summed E-state index contributed by atoms with van der Waals surface area (Å²) in [6.45, 7) is 4.04. The summed E-state index contributed by atoms with van der Waals surface area (Å²) in [5.41, 5.74) is 1.30. The first-order valence-electron chi connectivity index (χ1n) is 10.1. The van der Waals surface area contributed by atoms with Crippen molar-refractivity contribution in [3.05, 3.63) is 84.4 Å². The number of nitrogens with zero attached hydrogens (tertiary/aromatic N) is 1. The Kier molecular flexibility index (Phi) is 5.96. The molecule has 0 fully saturated rings. The van der Waals surface area contributed by atoms with E-state index in [0.717, 1.165) is 10.9 Å². The van der Waals surface area contributed by atoms with Gasteiger partial charge in [-0.25, -0.2) is 8.42 Å². The highest BCUT2D eigenvalue weighted by Crippen LogP contribution is 2.24. The molecule has 8 heteroatoms. The van der Waals surface area contributed by atoms with E-state index in [1.54, 1.807) is 48.8 Å². The molecule has 164 valence electrons. The summed E-state index contributed by atoms with van der Waals surface area (Å²) in [5.74, 6) is 0.449. The summed E-state index contributed by atoms with van der Waals surface area (Å²) in [6, 6.07) is 16.2. The van der Waals surface area contributed by atoms with Crippen LogP contribution < -0.4 is 10.1 Å². The molecule has 2 heterocycles. The number of nitrogens with one attached hydrogen (secondary N) is 1. The minimum absolute atomic E-state index is 0.00865. The molecule has 0 saturated carbocycles. The lowest BCUT2D eigenvalue weighted by Gasteiger charge is -2.11. The van der Waals surface area contributed by atoms with Crippen molar-refractivity contribution in [2.24, 2.45) is 0 Å². The third kappa shape index (κ3) is 4.65. The van der Waals surface area contributed by atoms with Gasteiger partial charge in [0.2, 0.25) is 9.84 Å². The van der Waals surface area contributed by atoms with Crippen LogP contribution >= 0.6 is 0 Å². The molecule has 0 radical (unpaired) electrons. The highest BCUT2D eigenvalue weighted by Gasteiger charge is 2.18. The first-order chi connectivity index (χ1) is 15.3. The zero-order chi connectivity index (χ0) is 22.7. The van der Waals surface area contributed by atoms with E-state index in [-0.39, 0.29) is 34.1 Å². The maximum Gasteiger partial charge on any atom is 0.287 e. The lowest BCUT2D eigenvalue weighted by molar-refractivity contribution is 0.0925. The van der Waals surface area contributed by atoms with Gasteiger partial charge in [0.05, 0.1) is 22.1 Å². The van der Waals surface area contributed by atoms with Gasteiger partial charge in [-0.2, -0.15) is 0 Å². The summed E-state index contributed by atoms with van der Waals surface area (Å²) in [4.78, 5) is 16.7. The molecule has 2 aromatic carbocycles. The van der Waals surface area contributed by atoms with Crippen molar-refractivity contribution in [2.75, 3.05) is 0 Å². The molecule has 7 nitrogen and oxygen atoms in total. The second kappa shape index (κ2) is 8.84. The monoisotopic (exact) mass is 450 g/mol. The van der Waals surface area contributed by atoms with Gasteiger partial charge in [-0.15, -0.1) is 0 Å². The van der Waals surface area contributed by atoms with Crippen LogP contribution in [0.3, 0.4) is 0 Å². The van der Waals surface area contributed by atoms with Crippen LogP contribution in [0, 0.1) is 0 Å². The first kappa shape index (κ1) is 21.6. The number of pyridine rings is 1. The molecule has 0 atom stereocenters. The van der Waals surface area contributed by atoms with E-state index in [4.69, 9.17) is 9.15 Å². The molecule has 0 aliphatic carbocycles. The zero-order valence-electron chi connectivity index (χ0n) is 17.6. The smallest absolute Gasteiger partial charge is 0.287 e. The lowest BCUT2D eigenvalue weighted by Crippen LogP contribution is -2.22. The van der Waals surface area contributed by atoms with Crippen molar-refractivity contribution in [1.82, 2.24) is 10.3 Å². The Morgan fingerprint density at radius 1 is 1.03 bits per heavy atom. The molecular formula is C24H22N2O5S. The van der Waals surface area contributed by atoms with Crippen LogP contribution in [0.4, 0.5) is 0 Å². The number of hydrogen-bond acceptors (Lipinski definition) is 6. The molecular weight excluding hydrogens is 428 g/mol. The minimum Gasteiger partial charge on any atom is -0.491 e. The Morgan fingerprint density at radius 2 is 1.69 bits per heavy atom. The maximum atomic E-state index is 12.9. The lowest BCUT2D eigenvalue weighted by atomic mass is 10.2. The zero-order valence-corrected chi connectivity index (χ0v) is 18.4. The second-order valence-electron chi connectivity index (χ2n) is 7.49. The Morgan fingerprint density at radius 3 is 2.31 bits per heavy atom. The van der Waals surface area contributed by atoms with E-state index in [9.17, 15) is 13.2 Å². The van der Waals surface area contributed by atoms with Gasteiger partial charge in [-0.1, -0.05) is 12.1 Å². The number of rotatable bonds is 7. The Bertz CT molecular complexity index is 1310. The Labute approximate surface area is 186 Å². The number of ether oxygens (including phenoxy) is 1. The normalized spacial score (nSPS) is 11.6. The average Bonchev–Trinajstić information content (AvgIpc) is 3.22. The SMILES string of the molecule is CC(C)Oc1ccc(S(=O)(=O)c2ccc(CNC(=O)c3cc4ccncc4o3)cc2)cc1. The highest BCUT2D eigenvalue weighted by molar-refractivity contribution is 7.91. The summed E-state index contributed by atoms with van der Waals surface area (Å²) >= 11 is 0. The average molecular weight is 451 g/mol. The van der Waals surface area contributed by atoms with Crippen LogP contribution in [0.5, 0.6) is 5.75 Å². The van der Waals surface area contributed by atoms with Crippen LogP contribution in [0.15, 0.2) is 87.3 Å². The van der Waals surface area contributed by atoms with Crippen molar-refractivity contribution in [2.45, 2.75) is 36.3 Å². The topological polar surface area (TPSA) is 98.5 Å². The fourth-order valence-electron chi connectivity index (χ4n) is 3.16. The number of benzene rings is 2. The van der Waals surface area contributed by atoms with Crippen molar-refractivity contribution in [1.29, 1.82) is 0 Å². The van der Waals surface area contributed by atoms with Crippen LogP contribution in [-0.4, -0.2) is 25.4 Å². The van der Waals surface area contributed by atoms with Gasteiger partial charge in [-0.05, 0) is 67.9 Å². The van der Waals surface area contributed by atoms with Gasteiger partial charge in [0.15, 0.2) is 11.3 Å². The quantitative estimate of drug-likeness (QED) is 0.449. The van der Waals surface area contributed by atoms with Crippen molar-refractivity contribution < 1.29 is 22.4 Å². The molecule has 32 heavy (non-hydrogen) atoms. The predicted molar refractivity (Wildman–Crippen MR) is 119 cm³/mol. The van der Waals surface area contributed by atoms with Crippen molar-refractivity contribution >= 4 is 26.7 Å². The third-order valence-corrected chi connectivity index (χ3v) is 6.52. The fourth-order valence-corrected chi connectivity index (χ4v) is 4.42. The molecule has 4 rings (SSSR count). The number of carbonyl (C=O) groups excluding carboxylic acids is 1. The van der Waals surface area contributed by atoms with Crippen molar-refractivity contribution in [3.8, 4) is 5.75 Å². The molecule has 1 N–H and O–H groups in total. The third-order valence-electron chi connectivity index (χ3n) is 4.74. The van der Waals surface area contributed by atoms with E-state index in [1.165, 1.54) is 24.3 Å². The standard InChI is InChI=1S/C24H22N2O5S/c1-16(2)30-19-5-9-21(10-6-19)32(28,29)20-7-3-17(4-8-20)14-26-24(27)22-13-18-11-12-25-15-23(18)31-22/h3-13,15-16H,14H2,1-2H3,(H,26,27). The van der Waals surface area contributed by atoms with Crippen molar-refractivity contribution in [3.63, 3.8) is 0 Å². The van der Waals surface area contributed by atoms with Crippen LogP contribution in [0.2, 0.25) is 0 Å². The van der Waals surface area contributed by atoms with Crippen LogP contribution in [0.25, 0.3) is 11.0 Å². The van der Waals surface area contributed by atoms with E-state index < -0.39 is 9.84 Å². The number of hydrogen-bond donors (Lipinski definition) is 1. The van der Waals surface area contributed by atoms with Crippen LogP contribution in [-0.2, 0) is 16.4 Å². The van der Waals surface area contributed by atoms with Gasteiger partial charge in [-0.3, -0.25) is 9.78 Å². The molecule has 2 aromatic heterocycles. The Balaban J connectivity index is 1.42. The largest absolute Gasteiger partial charge is 0.491 e. The summed E-state index contributed by atoms with van der Waals surface area (Å²) in [7, 11) is -3.65. The van der Waals surface area contributed by atoms with Gasteiger partial charge >= 0.3 is 0 Å². The van der Waals surface area contributed by atoms with E-state index in [1.807, 2.05) is 13.8 Å². The molecule has 0 spiro atoms. The van der Waals surface area contributed by atoms with Gasteiger partial charge in [0.1, 0.15) is 5.75 Å². The fraction of sp³-hybridized carbons (Fsp3) is 0.167. The molecule has 0 aliphatic heterocycles. The predicted octanol–water partition coefficient (Wildman–Crippen LogP) is 4.38. The number of sulfone groups is 1. The van der Waals surface area contributed by atoms with E-state index >= 15 is 0 Å². The summed E-state index contributed by atoms with van der Waals surface area (Å²) < 4.78 is 36.8. The molecule has 0 unspecified atom stereocenters. The van der Waals surface area contributed by atoms with E-state index in [0.29, 0.717) is 11.3 Å². The molecule has 0 aliphatic rings. The first-order valence-corrected chi connectivity index (χ1v) is 11.5. The van der Waals surface area contributed by atoms with Crippen LogP contribution in [0.1, 0.15) is 30.0 Å². The molecule has 0 bridgehead atoms. The molecule has 1 amide bonds. The van der Waals surface area contributed by atoms with Gasteiger partial charge < -0.3 is 14.5 Å². The van der Waals surface area contributed by atoms with Gasteiger partial charge in [0.25, 0.3) is 5.91 Å². The highest BCUT2D eigenvalue weighted by atomic mass is 32.2. The number of amides is 1.